The fourth-order valence-electron chi connectivity index (χ4n) is 1.51. The maximum Gasteiger partial charge on any atom is 0.346 e. The van der Waals surface area contributed by atoms with E-state index in [-0.39, 0.29) is 11.5 Å². The third-order valence-corrected chi connectivity index (χ3v) is 2.32. The number of ether oxygens (including phenoxy) is 1. The largest absolute Gasteiger partial charge is 0.450 e. The second-order valence-electron chi connectivity index (χ2n) is 3.59. The van der Waals surface area contributed by atoms with Crippen LogP contribution in [0.2, 0.25) is 0 Å². The minimum atomic E-state index is -0.973. The number of rotatable bonds is 3. The number of hydrogen-bond acceptors (Lipinski definition) is 4. The van der Waals surface area contributed by atoms with Gasteiger partial charge in [0.25, 0.3) is 0 Å². The van der Waals surface area contributed by atoms with Crippen LogP contribution in [0.25, 0.3) is 0 Å². The van der Waals surface area contributed by atoms with Crippen molar-refractivity contribution in [3.63, 3.8) is 0 Å². The topological polar surface area (TPSA) is 76.2 Å². The molecule has 0 aliphatic rings. The van der Waals surface area contributed by atoms with E-state index in [1.165, 1.54) is 24.3 Å². The van der Waals surface area contributed by atoms with Crippen molar-refractivity contribution in [2.24, 2.45) is 0 Å². The minimum Gasteiger partial charge on any atom is -0.450 e. The molecule has 0 spiro atoms. The van der Waals surface area contributed by atoms with Gasteiger partial charge in [-0.15, -0.1) is 0 Å². The normalized spacial score (nSPS) is 9.68. The quantitative estimate of drug-likeness (QED) is 0.624. The number of nitro groups is 1. The summed E-state index contributed by atoms with van der Waals surface area (Å²) in [5.41, 5.74) is -0.388. The fraction of sp³-hybridized carbons (Fsp3) is 0. The van der Waals surface area contributed by atoms with Crippen LogP contribution in [-0.2, 0) is 0 Å². The van der Waals surface area contributed by atoms with Gasteiger partial charge in [0.2, 0.25) is 11.6 Å². The van der Waals surface area contributed by atoms with Crippen molar-refractivity contribution in [1.29, 1.82) is 5.26 Å². The Kier molecular flexibility index (Phi) is 3.39. The molecule has 0 N–H and O–H groups in total. The van der Waals surface area contributed by atoms with Crippen molar-refractivity contribution in [1.82, 2.24) is 0 Å². The number of nitrogens with zero attached hydrogens (tertiary/aromatic N) is 2. The van der Waals surface area contributed by atoms with Crippen molar-refractivity contribution in [2.45, 2.75) is 0 Å². The molecule has 0 fully saturated rings. The van der Waals surface area contributed by atoms with Crippen LogP contribution >= 0.6 is 0 Å². The number of nitriles is 1. The van der Waals surface area contributed by atoms with Crippen molar-refractivity contribution in [3.8, 4) is 17.6 Å². The maximum absolute atomic E-state index is 13.4. The van der Waals surface area contributed by atoms with E-state index < -0.39 is 16.4 Å². The molecule has 0 aliphatic carbocycles. The number of hydrogen-bond donors (Lipinski definition) is 0. The first-order valence-electron chi connectivity index (χ1n) is 5.22. The first-order chi connectivity index (χ1) is 9.11. The second kappa shape index (κ2) is 5.14. The highest BCUT2D eigenvalue weighted by Crippen LogP contribution is 2.33. The number of halogens is 1. The average molecular weight is 258 g/mol. The molecule has 0 aliphatic heterocycles. The maximum atomic E-state index is 13.4. The average Bonchev–Trinajstić information content (AvgIpc) is 2.38. The summed E-state index contributed by atoms with van der Waals surface area (Å²) < 4.78 is 18.6. The standard InChI is InChI=1S/C13H7FN2O3/c14-11-5-2-6-12(13(11)16(17)18)19-10-4-1-3-9(7-10)8-15/h1-7H. The molecule has 0 bridgehead atoms. The molecule has 0 saturated carbocycles. The smallest absolute Gasteiger partial charge is 0.346 e. The van der Waals surface area contributed by atoms with Crippen LogP contribution in [0.3, 0.4) is 0 Å². The van der Waals surface area contributed by atoms with Gasteiger partial charge in [-0.2, -0.15) is 9.65 Å². The molecule has 0 amide bonds. The minimum absolute atomic E-state index is 0.208. The van der Waals surface area contributed by atoms with Crippen LogP contribution in [-0.4, -0.2) is 4.92 Å². The summed E-state index contributed by atoms with van der Waals surface area (Å²) in [6.07, 6.45) is 0. The monoisotopic (exact) mass is 258 g/mol. The van der Waals surface area contributed by atoms with E-state index in [0.29, 0.717) is 5.56 Å². The molecule has 0 atom stereocenters. The van der Waals surface area contributed by atoms with Crippen LogP contribution in [0.15, 0.2) is 42.5 Å². The summed E-state index contributed by atoms with van der Waals surface area (Å²) >= 11 is 0. The van der Waals surface area contributed by atoms with E-state index in [0.717, 1.165) is 6.07 Å². The molecule has 19 heavy (non-hydrogen) atoms. The second-order valence-corrected chi connectivity index (χ2v) is 3.59. The Morgan fingerprint density at radius 1 is 1.26 bits per heavy atom. The third kappa shape index (κ3) is 2.66. The van der Waals surface area contributed by atoms with Gasteiger partial charge >= 0.3 is 5.69 Å². The molecule has 2 aromatic rings. The molecular weight excluding hydrogens is 251 g/mol. The third-order valence-electron chi connectivity index (χ3n) is 2.32. The lowest BCUT2D eigenvalue weighted by atomic mass is 10.2. The summed E-state index contributed by atoms with van der Waals surface area (Å²) in [4.78, 5) is 9.94. The fourth-order valence-corrected chi connectivity index (χ4v) is 1.51. The molecule has 94 valence electrons. The summed E-state index contributed by atoms with van der Waals surface area (Å²) in [6, 6.07) is 11.6. The van der Waals surface area contributed by atoms with E-state index in [1.807, 2.05) is 6.07 Å². The molecule has 0 unspecified atom stereocenters. The summed E-state index contributed by atoms with van der Waals surface area (Å²) in [5, 5.41) is 19.5. The van der Waals surface area contributed by atoms with Gasteiger partial charge in [-0.05, 0) is 30.3 Å². The lowest BCUT2D eigenvalue weighted by Crippen LogP contribution is -1.96. The predicted octanol–water partition coefficient (Wildman–Crippen LogP) is 3.40. The first-order valence-corrected chi connectivity index (χ1v) is 5.22. The number of para-hydroxylation sites is 1. The van der Waals surface area contributed by atoms with E-state index >= 15 is 0 Å². The van der Waals surface area contributed by atoms with Gasteiger partial charge in [0.15, 0.2) is 0 Å². The van der Waals surface area contributed by atoms with Crippen molar-refractivity contribution >= 4 is 5.69 Å². The van der Waals surface area contributed by atoms with Gasteiger partial charge in [0, 0.05) is 0 Å². The van der Waals surface area contributed by atoms with E-state index in [2.05, 4.69) is 0 Å². The summed E-state index contributed by atoms with van der Waals surface area (Å²) in [7, 11) is 0. The molecular formula is C13H7FN2O3. The van der Waals surface area contributed by atoms with E-state index in [1.54, 1.807) is 12.1 Å². The van der Waals surface area contributed by atoms with Crippen molar-refractivity contribution < 1.29 is 14.1 Å². The van der Waals surface area contributed by atoms with Crippen LogP contribution in [0.4, 0.5) is 10.1 Å². The van der Waals surface area contributed by atoms with Gasteiger partial charge < -0.3 is 4.74 Å². The zero-order valence-corrected chi connectivity index (χ0v) is 9.54. The van der Waals surface area contributed by atoms with Crippen molar-refractivity contribution in [2.75, 3.05) is 0 Å². The summed E-state index contributed by atoms with van der Waals surface area (Å²) in [6.45, 7) is 0. The zero-order valence-electron chi connectivity index (χ0n) is 9.54. The zero-order chi connectivity index (χ0) is 13.8. The molecule has 0 saturated heterocycles. The molecule has 6 heteroatoms. The highest BCUT2D eigenvalue weighted by molar-refractivity contribution is 5.50. The Labute approximate surface area is 107 Å². The van der Waals surface area contributed by atoms with Crippen LogP contribution < -0.4 is 4.74 Å². The molecule has 0 aromatic heterocycles. The number of benzene rings is 2. The molecule has 2 aromatic carbocycles. The molecule has 0 heterocycles. The Balaban J connectivity index is 2.41. The predicted molar refractivity (Wildman–Crippen MR) is 64.3 cm³/mol. The van der Waals surface area contributed by atoms with Crippen molar-refractivity contribution in [3.05, 3.63) is 64.0 Å². The van der Waals surface area contributed by atoms with E-state index in [4.69, 9.17) is 10.00 Å². The van der Waals surface area contributed by atoms with Gasteiger partial charge in [-0.3, -0.25) is 10.1 Å². The van der Waals surface area contributed by atoms with Crippen LogP contribution in [0.5, 0.6) is 11.5 Å². The Hall–Kier alpha value is -2.94. The van der Waals surface area contributed by atoms with E-state index in [9.17, 15) is 14.5 Å². The Morgan fingerprint density at radius 3 is 2.68 bits per heavy atom. The molecule has 5 nitrogen and oxygen atoms in total. The molecule has 0 radical (unpaired) electrons. The SMILES string of the molecule is N#Cc1cccc(Oc2cccc(F)c2[N+](=O)[O-])c1. The molecule has 2 rings (SSSR count). The van der Waals surface area contributed by atoms with Gasteiger partial charge in [-0.1, -0.05) is 12.1 Å². The van der Waals surface area contributed by atoms with Gasteiger partial charge in [0.1, 0.15) is 5.75 Å². The summed E-state index contributed by atoms with van der Waals surface area (Å²) in [5.74, 6) is -0.952. The van der Waals surface area contributed by atoms with Crippen LogP contribution in [0.1, 0.15) is 5.56 Å². The van der Waals surface area contributed by atoms with Gasteiger partial charge in [0.05, 0.1) is 16.6 Å². The van der Waals surface area contributed by atoms with Crippen LogP contribution in [0, 0.1) is 27.3 Å². The highest BCUT2D eigenvalue weighted by atomic mass is 19.1. The highest BCUT2D eigenvalue weighted by Gasteiger charge is 2.21. The number of nitro benzene ring substituents is 1. The lowest BCUT2D eigenvalue weighted by molar-refractivity contribution is -0.388. The Bertz CT molecular complexity index is 680. The van der Waals surface area contributed by atoms with Gasteiger partial charge in [-0.25, -0.2) is 0 Å². The first kappa shape index (κ1) is 12.5. The lowest BCUT2D eigenvalue weighted by Gasteiger charge is -2.06. The Morgan fingerprint density at radius 2 is 2.00 bits per heavy atom.